The Morgan fingerprint density at radius 3 is 3.00 bits per heavy atom. The number of ketones is 1. The molecule has 6 heteroatoms. The number of Topliss-reactive ketones (excluding diaryl/α,β-unsaturated/α-hetero) is 1. The highest BCUT2D eigenvalue weighted by Gasteiger charge is 2.13. The summed E-state index contributed by atoms with van der Waals surface area (Å²) in [6.07, 6.45) is 1.49. The number of nitrogens with zero attached hydrogens (tertiary/aromatic N) is 2. The first-order valence-corrected chi connectivity index (χ1v) is 7.04. The lowest BCUT2D eigenvalue weighted by Crippen LogP contribution is -2.05. The van der Waals surface area contributed by atoms with E-state index in [-0.39, 0.29) is 5.78 Å². The molecule has 0 amide bonds. The monoisotopic (exact) mass is 280 g/mol. The zero-order valence-electron chi connectivity index (χ0n) is 10.0. The van der Waals surface area contributed by atoms with E-state index in [1.54, 1.807) is 13.2 Å². The highest BCUT2D eigenvalue weighted by Crippen LogP contribution is 2.24. The number of rotatable bonds is 5. The van der Waals surface area contributed by atoms with Crippen molar-refractivity contribution < 1.29 is 9.53 Å². The maximum atomic E-state index is 12.1. The molecule has 0 fully saturated rings. The van der Waals surface area contributed by atoms with Crippen molar-refractivity contribution in [3.05, 3.63) is 35.7 Å². The summed E-state index contributed by atoms with van der Waals surface area (Å²) in [7, 11) is 1.57. The number of ether oxygens (including phenoxy) is 1. The van der Waals surface area contributed by atoms with Crippen molar-refractivity contribution >= 4 is 29.1 Å². The summed E-state index contributed by atoms with van der Waals surface area (Å²) in [6, 6.07) is 5.57. The van der Waals surface area contributed by atoms with Crippen molar-refractivity contribution in [2.45, 2.75) is 11.3 Å². The molecule has 0 aliphatic rings. The molecule has 0 spiro atoms. The summed E-state index contributed by atoms with van der Waals surface area (Å²) in [5, 5.41) is 0. The number of hydrogen-bond donors (Lipinski definition) is 0. The number of hydrogen-bond acceptors (Lipinski definition) is 6. The molecule has 0 bridgehead atoms. The topological polar surface area (TPSA) is 52.1 Å². The molecule has 18 heavy (non-hydrogen) atoms. The van der Waals surface area contributed by atoms with E-state index in [2.05, 4.69) is 9.36 Å². The van der Waals surface area contributed by atoms with Crippen molar-refractivity contribution in [3.63, 3.8) is 0 Å². The lowest BCUT2D eigenvalue weighted by Gasteiger charge is -2.07. The molecule has 4 nitrogen and oxygen atoms in total. The van der Waals surface area contributed by atoms with Gasteiger partial charge in [-0.25, -0.2) is 4.98 Å². The van der Waals surface area contributed by atoms with Crippen molar-refractivity contribution in [2.24, 2.45) is 0 Å². The van der Waals surface area contributed by atoms with E-state index in [0.29, 0.717) is 17.1 Å². The van der Waals surface area contributed by atoms with Gasteiger partial charge in [-0.2, -0.15) is 4.37 Å². The van der Waals surface area contributed by atoms with Gasteiger partial charge in [-0.05, 0) is 36.2 Å². The standard InChI is InChI=1S/C12H12N2O2S2/c1-8-3-4-9(11(5-8)16-2)10(15)6-17-12-13-7-14-18-12/h3-5,7H,6H2,1-2H3. The normalized spacial score (nSPS) is 10.3. The van der Waals surface area contributed by atoms with Crippen molar-refractivity contribution in [1.29, 1.82) is 0 Å². The van der Waals surface area contributed by atoms with Crippen LogP contribution in [0, 0.1) is 6.92 Å². The molecule has 0 aliphatic carbocycles. The van der Waals surface area contributed by atoms with Crippen LogP contribution in [0.1, 0.15) is 15.9 Å². The van der Waals surface area contributed by atoms with E-state index >= 15 is 0 Å². The van der Waals surface area contributed by atoms with E-state index in [9.17, 15) is 4.79 Å². The van der Waals surface area contributed by atoms with Crippen LogP contribution in [-0.2, 0) is 0 Å². The summed E-state index contributed by atoms with van der Waals surface area (Å²) < 4.78 is 9.92. The van der Waals surface area contributed by atoms with Crippen molar-refractivity contribution in [2.75, 3.05) is 12.9 Å². The van der Waals surface area contributed by atoms with Gasteiger partial charge >= 0.3 is 0 Å². The van der Waals surface area contributed by atoms with Crippen LogP contribution in [0.2, 0.25) is 0 Å². The molecule has 2 rings (SSSR count). The van der Waals surface area contributed by atoms with Gasteiger partial charge in [-0.1, -0.05) is 17.8 Å². The highest BCUT2D eigenvalue weighted by molar-refractivity contribution is 8.01. The van der Waals surface area contributed by atoms with Crippen LogP contribution in [0.15, 0.2) is 28.9 Å². The van der Waals surface area contributed by atoms with Gasteiger partial charge in [0, 0.05) is 0 Å². The van der Waals surface area contributed by atoms with Gasteiger partial charge in [0.15, 0.2) is 10.1 Å². The predicted octanol–water partition coefficient (Wildman–Crippen LogP) is 2.83. The summed E-state index contributed by atoms with van der Waals surface area (Å²) >= 11 is 2.68. The lowest BCUT2D eigenvalue weighted by atomic mass is 10.1. The second-order valence-corrected chi connectivity index (χ2v) is 5.63. The third-order valence-corrected chi connectivity index (χ3v) is 4.12. The van der Waals surface area contributed by atoms with Gasteiger partial charge in [-0.3, -0.25) is 4.79 Å². The SMILES string of the molecule is COc1cc(C)ccc1C(=O)CSc1ncns1. The number of carbonyl (C=O) groups is 1. The Hall–Kier alpha value is -1.40. The zero-order chi connectivity index (χ0) is 13.0. The minimum Gasteiger partial charge on any atom is -0.496 e. The van der Waals surface area contributed by atoms with Gasteiger partial charge in [0.05, 0.1) is 18.4 Å². The molecule has 1 aromatic heterocycles. The smallest absolute Gasteiger partial charge is 0.176 e. The molecule has 94 valence electrons. The largest absolute Gasteiger partial charge is 0.496 e. The van der Waals surface area contributed by atoms with Crippen LogP contribution >= 0.6 is 23.3 Å². The number of aryl methyl sites for hydroxylation is 1. The Kier molecular flexibility index (Phi) is 4.33. The van der Waals surface area contributed by atoms with Crippen LogP contribution in [0.4, 0.5) is 0 Å². The van der Waals surface area contributed by atoms with Crippen molar-refractivity contribution in [1.82, 2.24) is 9.36 Å². The molecular formula is C12H12N2O2S2. The Balaban J connectivity index is 2.09. The Bertz CT molecular complexity index is 541. The number of carbonyl (C=O) groups excluding carboxylic acids is 1. The number of methoxy groups -OCH3 is 1. The van der Waals surface area contributed by atoms with E-state index < -0.39 is 0 Å². The molecule has 2 aromatic rings. The molecule has 0 atom stereocenters. The lowest BCUT2D eigenvalue weighted by molar-refractivity contribution is 0.101. The molecule has 0 radical (unpaired) electrons. The first-order chi connectivity index (χ1) is 8.70. The predicted molar refractivity (Wildman–Crippen MR) is 72.7 cm³/mol. The van der Waals surface area contributed by atoms with Crippen molar-refractivity contribution in [3.8, 4) is 5.75 Å². The Morgan fingerprint density at radius 1 is 1.50 bits per heavy atom. The minimum absolute atomic E-state index is 0.0343. The molecule has 0 saturated heterocycles. The van der Waals surface area contributed by atoms with E-state index in [1.807, 2.05) is 19.1 Å². The van der Waals surface area contributed by atoms with Gasteiger partial charge in [-0.15, -0.1) is 0 Å². The fraction of sp³-hybridized carbons (Fsp3) is 0.250. The number of aromatic nitrogens is 2. The van der Waals surface area contributed by atoms with Crippen LogP contribution < -0.4 is 4.74 Å². The maximum Gasteiger partial charge on any atom is 0.176 e. The van der Waals surface area contributed by atoms with Crippen LogP contribution in [-0.4, -0.2) is 28.0 Å². The Morgan fingerprint density at radius 2 is 2.33 bits per heavy atom. The third kappa shape index (κ3) is 3.08. The molecule has 0 unspecified atom stereocenters. The number of thioether (sulfide) groups is 1. The zero-order valence-corrected chi connectivity index (χ0v) is 11.7. The average Bonchev–Trinajstić information content (AvgIpc) is 2.88. The summed E-state index contributed by atoms with van der Waals surface area (Å²) in [5.74, 6) is 0.999. The second kappa shape index (κ2) is 5.97. The minimum atomic E-state index is 0.0343. The summed E-state index contributed by atoms with van der Waals surface area (Å²) in [4.78, 5) is 16.1. The maximum absolute atomic E-state index is 12.1. The third-order valence-electron chi connectivity index (χ3n) is 2.33. The van der Waals surface area contributed by atoms with E-state index in [1.165, 1.54) is 29.6 Å². The first-order valence-electron chi connectivity index (χ1n) is 5.28. The van der Waals surface area contributed by atoms with Crippen LogP contribution in [0.3, 0.4) is 0 Å². The average molecular weight is 280 g/mol. The molecular weight excluding hydrogens is 268 g/mol. The van der Waals surface area contributed by atoms with Gasteiger partial charge in [0.25, 0.3) is 0 Å². The Labute approximate surface area is 114 Å². The first kappa shape index (κ1) is 13.0. The van der Waals surface area contributed by atoms with Crippen LogP contribution in [0.25, 0.3) is 0 Å². The summed E-state index contributed by atoms with van der Waals surface area (Å²) in [5.41, 5.74) is 1.68. The molecule has 0 saturated carbocycles. The highest BCUT2D eigenvalue weighted by atomic mass is 32.2. The van der Waals surface area contributed by atoms with Gasteiger partial charge in [0.1, 0.15) is 12.1 Å². The number of benzene rings is 1. The molecule has 1 heterocycles. The van der Waals surface area contributed by atoms with Crippen LogP contribution in [0.5, 0.6) is 5.75 Å². The molecule has 1 aromatic carbocycles. The molecule has 0 N–H and O–H groups in total. The van der Waals surface area contributed by atoms with Gasteiger partial charge in [0.2, 0.25) is 0 Å². The molecule has 0 aliphatic heterocycles. The second-order valence-electron chi connectivity index (χ2n) is 3.62. The fourth-order valence-corrected chi connectivity index (χ4v) is 2.79. The fourth-order valence-electron chi connectivity index (χ4n) is 1.46. The quantitative estimate of drug-likeness (QED) is 0.622. The van der Waals surface area contributed by atoms with Gasteiger partial charge < -0.3 is 4.74 Å². The summed E-state index contributed by atoms with van der Waals surface area (Å²) in [6.45, 7) is 1.97. The van der Waals surface area contributed by atoms with E-state index in [4.69, 9.17) is 4.74 Å². The van der Waals surface area contributed by atoms with E-state index in [0.717, 1.165) is 9.90 Å².